The third-order valence-corrected chi connectivity index (χ3v) is 2.84. The van der Waals surface area contributed by atoms with Crippen LogP contribution in [0.2, 0.25) is 0 Å². The van der Waals surface area contributed by atoms with E-state index in [-0.39, 0.29) is 5.82 Å². The predicted molar refractivity (Wildman–Crippen MR) is 72.5 cm³/mol. The van der Waals surface area contributed by atoms with Gasteiger partial charge < -0.3 is 5.32 Å². The first-order chi connectivity index (χ1) is 9.06. The molecule has 0 aromatic carbocycles. The van der Waals surface area contributed by atoms with Gasteiger partial charge in [0.25, 0.3) is 0 Å². The molecule has 0 atom stereocenters. The predicted octanol–water partition coefficient (Wildman–Crippen LogP) is 2.32. The van der Waals surface area contributed by atoms with Crippen LogP contribution in [0.15, 0.2) is 6.20 Å². The largest absolute Gasteiger partial charge is 0.368 e. The third kappa shape index (κ3) is 2.57. The first-order valence-corrected chi connectivity index (χ1v) is 6.37. The molecule has 0 spiro atoms. The topological polar surface area (TPSA) is 55.6 Å². The number of aromatic nitrogens is 4. The number of hydrogen-bond donors (Lipinski definition) is 1. The Morgan fingerprint density at radius 2 is 2.05 bits per heavy atom. The van der Waals surface area contributed by atoms with E-state index in [1.54, 1.807) is 11.6 Å². The minimum Gasteiger partial charge on any atom is -0.368 e. The average molecular weight is 263 g/mol. The molecule has 0 saturated carbocycles. The lowest BCUT2D eigenvalue weighted by atomic mass is 10.2. The molecule has 0 bridgehead atoms. The zero-order valence-electron chi connectivity index (χ0n) is 11.7. The Bertz CT molecular complexity index is 591. The Hall–Kier alpha value is -1.98. The van der Waals surface area contributed by atoms with Gasteiger partial charge in [-0.05, 0) is 20.3 Å². The molecule has 102 valence electrons. The van der Waals surface area contributed by atoms with Gasteiger partial charge in [-0.2, -0.15) is 5.10 Å². The van der Waals surface area contributed by atoms with Crippen LogP contribution in [0.5, 0.6) is 0 Å². The van der Waals surface area contributed by atoms with Crippen molar-refractivity contribution in [2.24, 2.45) is 7.05 Å². The normalized spacial score (nSPS) is 10.8. The summed E-state index contributed by atoms with van der Waals surface area (Å²) in [5, 5.41) is 7.27. The molecule has 5 nitrogen and oxygen atoms in total. The van der Waals surface area contributed by atoms with Gasteiger partial charge in [0.15, 0.2) is 17.5 Å². The van der Waals surface area contributed by atoms with Crippen molar-refractivity contribution in [1.82, 2.24) is 19.7 Å². The summed E-state index contributed by atoms with van der Waals surface area (Å²) in [5.74, 6) is 0.364. The van der Waals surface area contributed by atoms with Gasteiger partial charge in [-0.15, -0.1) is 0 Å². The minimum absolute atomic E-state index is 0.246. The number of rotatable bonds is 4. The van der Waals surface area contributed by atoms with E-state index in [9.17, 15) is 4.39 Å². The van der Waals surface area contributed by atoms with E-state index in [0.717, 1.165) is 17.7 Å². The minimum atomic E-state index is -0.396. The van der Waals surface area contributed by atoms with Gasteiger partial charge in [0.05, 0.1) is 17.0 Å². The van der Waals surface area contributed by atoms with Crippen LogP contribution in [-0.2, 0) is 13.5 Å². The molecule has 0 fully saturated rings. The van der Waals surface area contributed by atoms with Crippen LogP contribution in [0.1, 0.15) is 25.2 Å². The summed E-state index contributed by atoms with van der Waals surface area (Å²) in [4.78, 5) is 8.49. The van der Waals surface area contributed by atoms with Gasteiger partial charge in [0.2, 0.25) is 0 Å². The van der Waals surface area contributed by atoms with Crippen LogP contribution in [0.3, 0.4) is 0 Å². The molecular weight excluding hydrogens is 245 g/mol. The van der Waals surface area contributed by atoms with E-state index in [0.29, 0.717) is 18.1 Å². The second-order valence-corrected chi connectivity index (χ2v) is 4.34. The molecule has 0 saturated heterocycles. The van der Waals surface area contributed by atoms with E-state index < -0.39 is 5.82 Å². The van der Waals surface area contributed by atoms with Gasteiger partial charge in [0, 0.05) is 19.8 Å². The average Bonchev–Trinajstić information content (AvgIpc) is 2.76. The van der Waals surface area contributed by atoms with E-state index in [2.05, 4.69) is 20.4 Å². The summed E-state index contributed by atoms with van der Waals surface area (Å²) < 4.78 is 15.6. The second-order valence-electron chi connectivity index (χ2n) is 4.34. The Kier molecular flexibility index (Phi) is 3.78. The number of halogens is 1. The van der Waals surface area contributed by atoms with E-state index in [1.807, 2.05) is 27.1 Å². The summed E-state index contributed by atoms with van der Waals surface area (Å²) in [6.45, 7) is 6.18. The van der Waals surface area contributed by atoms with Crippen molar-refractivity contribution in [3.05, 3.63) is 23.4 Å². The highest BCUT2D eigenvalue weighted by Crippen LogP contribution is 2.23. The fourth-order valence-corrected chi connectivity index (χ4v) is 1.95. The summed E-state index contributed by atoms with van der Waals surface area (Å²) in [6, 6.07) is 0. The Balaban J connectivity index is 2.55. The number of anilines is 1. The Morgan fingerprint density at radius 3 is 2.68 bits per heavy atom. The first-order valence-electron chi connectivity index (χ1n) is 6.37. The van der Waals surface area contributed by atoms with Crippen molar-refractivity contribution in [1.29, 1.82) is 0 Å². The highest BCUT2D eigenvalue weighted by molar-refractivity contribution is 5.60. The van der Waals surface area contributed by atoms with Gasteiger partial charge in [-0.25, -0.2) is 14.4 Å². The molecule has 0 aliphatic rings. The van der Waals surface area contributed by atoms with E-state index >= 15 is 0 Å². The van der Waals surface area contributed by atoms with Crippen LogP contribution in [0.4, 0.5) is 10.2 Å². The first kappa shape index (κ1) is 13.5. The molecule has 2 rings (SSSR count). The number of hydrogen-bond acceptors (Lipinski definition) is 4. The van der Waals surface area contributed by atoms with Crippen molar-refractivity contribution < 1.29 is 4.39 Å². The van der Waals surface area contributed by atoms with Crippen LogP contribution in [0.25, 0.3) is 11.4 Å². The summed E-state index contributed by atoms with van der Waals surface area (Å²) >= 11 is 0. The SMILES string of the molecule is CCNc1nc(-c2cn(C)nc2CC)nc(C)c1F. The highest BCUT2D eigenvalue weighted by atomic mass is 19.1. The smallest absolute Gasteiger partial charge is 0.186 e. The van der Waals surface area contributed by atoms with Crippen molar-refractivity contribution in [3.63, 3.8) is 0 Å². The van der Waals surface area contributed by atoms with E-state index in [4.69, 9.17) is 0 Å². The van der Waals surface area contributed by atoms with Crippen LogP contribution < -0.4 is 5.32 Å². The molecule has 0 unspecified atom stereocenters. The summed E-state index contributed by atoms with van der Waals surface area (Å²) in [5.41, 5.74) is 2.11. The molecule has 0 aliphatic carbocycles. The van der Waals surface area contributed by atoms with Crippen molar-refractivity contribution in [2.75, 3.05) is 11.9 Å². The van der Waals surface area contributed by atoms with Gasteiger partial charge >= 0.3 is 0 Å². The van der Waals surface area contributed by atoms with Crippen LogP contribution in [-0.4, -0.2) is 26.3 Å². The molecule has 1 N–H and O–H groups in total. The summed E-state index contributed by atoms with van der Waals surface area (Å²) in [6.07, 6.45) is 2.65. The molecule has 2 aromatic heterocycles. The molecule has 2 heterocycles. The van der Waals surface area contributed by atoms with Gasteiger partial charge in [-0.3, -0.25) is 4.68 Å². The maximum Gasteiger partial charge on any atom is 0.186 e. The number of nitrogens with one attached hydrogen (secondary N) is 1. The fourth-order valence-electron chi connectivity index (χ4n) is 1.95. The van der Waals surface area contributed by atoms with Gasteiger partial charge in [-0.1, -0.05) is 6.92 Å². The highest BCUT2D eigenvalue weighted by Gasteiger charge is 2.16. The van der Waals surface area contributed by atoms with Crippen LogP contribution in [0, 0.1) is 12.7 Å². The second kappa shape index (κ2) is 5.34. The van der Waals surface area contributed by atoms with Crippen molar-refractivity contribution in [3.8, 4) is 11.4 Å². The number of nitrogens with zero attached hydrogens (tertiary/aromatic N) is 4. The van der Waals surface area contributed by atoms with Crippen molar-refractivity contribution in [2.45, 2.75) is 27.2 Å². The zero-order valence-corrected chi connectivity index (χ0v) is 11.7. The molecule has 0 aliphatic heterocycles. The molecule has 0 radical (unpaired) electrons. The lowest BCUT2D eigenvalue weighted by molar-refractivity contribution is 0.606. The molecule has 0 amide bonds. The lowest BCUT2D eigenvalue weighted by Gasteiger charge is -2.08. The Labute approximate surface area is 111 Å². The van der Waals surface area contributed by atoms with Crippen molar-refractivity contribution >= 4 is 5.82 Å². The van der Waals surface area contributed by atoms with Crippen LogP contribution >= 0.6 is 0 Å². The summed E-state index contributed by atoms with van der Waals surface area (Å²) in [7, 11) is 1.85. The Morgan fingerprint density at radius 1 is 1.32 bits per heavy atom. The molecule has 19 heavy (non-hydrogen) atoms. The maximum atomic E-state index is 13.9. The number of aryl methyl sites for hydroxylation is 3. The van der Waals surface area contributed by atoms with Gasteiger partial charge in [0.1, 0.15) is 0 Å². The standard InChI is InChI=1S/C13H18FN5/c1-5-10-9(7-19(4)18-10)12-16-8(3)11(14)13(17-12)15-6-2/h7H,5-6H2,1-4H3,(H,15,16,17). The molecule has 2 aromatic rings. The third-order valence-electron chi connectivity index (χ3n) is 2.84. The maximum absolute atomic E-state index is 13.9. The monoisotopic (exact) mass is 263 g/mol. The fraction of sp³-hybridized carbons (Fsp3) is 0.462. The quantitative estimate of drug-likeness (QED) is 0.919. The molecule has 6 heteroatoms. The van der Waals surface area contributed by atoms with E-state index in [1.165, 1.54) is 0 Å². The lowest BCUT2D eigenvalue weighted by Crippen LogP contribution is -2.07. The molecular formula is C13H18FN5. The zero-order chi connectivity index (χ0) is 14.0.